The minimum atomic E-state index is -0.136. The van der Waals surface area contributed by atoms with Gasteiger partial charge in [-0.3, -0.25) is 9.97 Å². The van der Waals surface area contributed by atoms with Crippen molar-refractivity contribution in [2.45, 2.75) is 38.1 Å². The van der Waals surface area contributed by atoms with Gasteiger partial charge >= 0.3 is 6.03 Å². The highest BCUT2D eigenvalue weighted by molar-refractivity contribution is 5.98. The molecule has 2 saturated carbocycles. The maximum Gasteiger partial charge on any atom is 0.319 e. The average Bonchev–Trinajstić information content (AvgIpc) is 3.09. The molecular weight excluding hydrogens is 276 g/mol. The van der Waals surface area contributed by atoms with Crippen molar-refractivity contribution in [1.29, 1.82) is 0 Å². The zero-order valence-electron chi connectivity index (χ0n) is 12.5. The molecule has 2 aliphatic rings. The van der Waals surface area contributed by atoms with Gasteiger partial charge in [-0.25, -0.2) is 4.79 Å². The van der Waals surface area contributed by atoms with E-state index in [1.165, 1.54) is 19.3 Å². The van der Waals surface area contributed by atoms with Crippen LogP contribution in [0.25, 0.3) is 11.0 Å². The van der Waals surface area contributed by atoms with Gasteiger partial charge in [-0.15, -0.1) is 0 Å². The lowest BCUT2D eigenvalue weighted by Crippen LogP contribution is -2.36. The molecule has 5 heteroatoms. The molecule has 0 spiro atoms. The molecule has 4 rings (SSSR count). The lowest BCUT2D eigenvalue weighted by Gasteiger charge is -2.15. The number of carbonyl (C=O) groups is 1. The number of anilines is 1. The summed E-state index contributed by atoms with van der Waals surface area (Å²) in [5.41, 5.74) is 2.22. The van der Waals surface area contributed by atoms with Crippen LogP contribution in [0.1, 0.15) is 32.1 Å². The maximum absolute atomic E-state index is 12.3. The van der Waals surface area contributed by atoms with Crippen LogP contribution >= 0.6 is 0 Å². The summed E-state index contributed by atoms with van der Waals surface area (Å²) in [5, 5.41) is 6.05. The number of nitrogens with zero attached hydrogens (tertiary/aromatic N) is 2. The van der Waals surface area contributed by atoms with Crippen molar-refractivity contribution in [1.82, 2.24) is 15.3 Å². The predicted octanol–water partition coefficient (Wildman–Crippen LogP) is 3.33. The van der Waals surface area contributed by atoms with Gasteiger partial charge in [-0.05, 0) is 36.8 Å². The fourth-order valence-electron chi connectivity index (χ4n) is 4.12. The van der Waals surface area contributed by atoms with Gasteiger partial charge in [0.2, 0.25) is 0 Å². The fraction of sp³-hybridized carbons (Fsp3) is 0.471. The first-order chi connectivity index (χ1) is 10.8. The second kappa shape index (κ2) is 5.55. The summed E-state index contributed by atoms with van der Waals surface area (Å²) in [6, 6.07) is 5.82. The zero-order valence-corrected chi connectivity index (χ0v) is 12.5. The third-order valence-electron chi connectivity index (χ3n) is 5.07. The minimum absolute atomic E-state index is 0.136. The largest absolute Gasteiger partial charge is 0.335 e. The zero-order chi connectivity index (χ0) is 14.9. The molecule has 0 saturated heterocycles. The molecule has 2 aliphatic carbocycles. The number of para-hydroxylation sites is 1. The van der Waals surface area contributed by atoms with E-state index in [1.54, 1.807) is 12.4 Å². The Morgan fingerprint density at radius 3 is 2.68 bits per heavy atom. The Bertz CT molecular complexity index is 685. The molecule has 2 unspecified atom stereocenters. The molecule has 1 aromatic carbocycles. The fourth-order valence-corrected chi connectivity index (χ4v) is 4.12. The van der Waals surface area contributed by atoms with Crippen molar-refractivity contribution in [2.24, 2.45) is 11.8 Å². The van der Waals surface area contributed by atoms with E-state index in [0.29, 0.717) is 11.7 Å². The van der Waals surface area contributed by atoms with Crippen molar-refractivity contribution in [3.63, 3.8) is 0 Å². The van der Waals surface area contributed by atoms with Crippen LogP contribution < -0.4 is 10.6 Å². The Labute approximate surface area is 129 Å². The summed E-state index contributed by atoms with van der Waals surface area (Å²) in [6.07, 6.45) is 9.60. The van der Waals surface area contributed by atoms with Gasteiger partial charge in [0.05, 0.1) is 11.2 Å². The highest BCUT2D eigenvalue weighted by Crippen LogP contribution is 2.43. The molecule has 0 aliphatic heterocycles. The summed E-state index contributed by atoms with van der Waals surface area (Å²) in [4.78, 5) is 20.8. The van der Waals surface area contributed by atoms with E-state index < -0.39 is 0 Å². The van der Waals surface area contributed by atoms with Crippen LogP contribution in [0.3, 0.4) is 0 Å². The molecule has 2 aromatic rings. The number of hydrogen-bond acceptors (Lipinski definition) is 3. The Morgan fingerprint density at radius 2 is 1.86 bits per heavy atom. The number of fused-ring (bicyclic) bond motifs is 2. The van der Waals surface area contributed by atoms with Crippen LogP contribution in [-0.4, -0.2) is 22.0 Å². The lowest BCUT2D eigenvalue weighted by molar-refractivity contribution is 0.248. The van der Waals surface area contributed by atoms with Gasteiger partial charge < -0.3 is 10.6 Å². The highest BCUT2D eigenvalue weighted by Gasteiger charge is 2.37. The van der Waals surface area contributed by atoms with Crippen LogP contribution in [0, 0.1) is 11.8 Å². The Kier molecular flexibility index (Phi) is 3.41. The van der Waals surface area contributed by atoms with Gasteiger partial charge in [-0.2, -0.15) is 0 Å². The quantitative estimate of drug-likeness (QED) is 0.893. The summed E-state index contributed by atoms with van der Waals surface area (Å²) in [7, 11) is 0. The molecule has 1 heterocycles. The van der Waals surface area contributed by atoms with E-state index in [0.717, 1.165) is 35.7 Å². The Hall–Kier alpha value is -2.17. The second-order valence-corrected chi connectivity index (χ2v) is 6.45. The number of carbonyl (C=O) groups excluding carboxylic acids is 1. The molecule has 5 nitrogen and oxygen atoms in total. The van der Waals surface area contributed by atoms with Crippen molar-refractivity contribution in [3.8, 4) is 0 Å². The van der Waals surface area contributed by atoms with E-state index >= 15 is 0 Å². The lowest BCUT2D eigenvalue weighted by atomic mass is 10.0. The van der Waals surface area contributed by atoms with Crippen LogP contribution in [0.15, 0.2) is 30.6 Å². The smallest absolute Gasteiger partial charge is 0.319 e. The van der Waals surface area contributed by atoms with Gasteiger partial charge in [0.15, 0.2) is 0 Å². The first-order valence-electron chi connectivity index (χ1n) is 8.07. The molecule has 0 bridgehead atoms. The van der Waals surface area contributed by atoms with Gasteiger partial charge in [-0.1, -0.05) is 25.3 Å². The molecule has 0 radical (unpaired) electrons. The molecule has 2 fully saturated rings. The van der Waals surface area contributed by atoms with E-state index in [2.05, 4.69) is 20.6 Å². The molecule has 22 heavy (non-hydrogen) atoms. The summed E-state index contributed by atoms with van der Waals surface area (Å²) >= 11 is 0. The second-order valence-electron chi connectivity index (χ2n) is 6.45. The summed E-state index contributed by atoms with van der Waals surface area (Å²) in [5.74, 6) is 1.66. The number of hydrogen-bond donors (Lipinski definition) is 2. The predicted molar refractivity (Wildman–Crippen MR) is 85.5 cm³/mol. The van der Waals surface area contributed by atoms with Crippen molar-refractivity contribution >= 4 is 22.8 Å². The third kappa shape index (κ3) is 2.51. The van der Waals surface area contributed by atoms with Crippen molar-refractivity contribution < 1.29 is 4.79 Å². The first-order valence-corrected chi connectivity index (χ1v) is 8.07. The SMILES string of the molecule is O=C(Nc1cccc2nccnc12)NC1CC2CCCC2C1. The van der Waals surface area contributed by atoms with Crippen LogP contribution in [0.2, 0.25) is 0 Å². The van der Waals surface area contributed by atoms with E-state index in [4.69, 9.17) is 0 Å². The number of aromatic nitrogens is 2. The normalized spacial score (nSPS) is 26.8. The molecule has 2 N–H and O–H groups in total. The van der Waals surface area contributed by atoms with Crippen molar-refractivity contribution in [3.05, 3.63) is 30.6 Å². The van der Waals surface area contributed by atoms with E-state index in [1.807, 2.05) is 18.2 Å². The Morgan fingerprint density at radius 1 is 1.09 bits per heavy atom. The molecule has 2 amide bonds. The Balaban J connectivity index is 1.43. The standard InChI is InChI=1S/C17H20N4O/c22-17(20-13-9-11-3-1-4-12(11)10-13)21-15-6-2-5-14-16(15)19-8-7-18-14/h2,5-8,11-13H,1,3-4,9-10H2,(H2,20,21,22). The number of benzene rings is 1. The number of urea groups is 1. The average molecular weight is 296 g/mol. The maximum atomic E-state index is 12.3. The number of amides is 2. The van der Waals surface area contributed by atoms with Crippen LogP contribution in [0.5, 0.6) is 0 Å². The van der Waals surface area contributed by atoms with Gasteiger partial charge in [0.1, 0.15) is 5.52 Å². The summed E-state index contributed by atoms with van der Waals surface area (Å²) in [6.45, 7) is 0. The molecular formula is C17H20N4O. The molecule has 2 atom stereocenters. The highest BCUT2D eigenvalue weighted by atomic mass is 16.2. The van der Waals surface area contributed by atoms with Gasteiger partial charge in [0.25, 0.3) is 0 Å². The van der Waals surface area contributed by atoms with Gasteiger partial charge in [0, 0.05) is 18.4 Å². The van der Waals surface area contributed by atoms with E-state index in [-0.39, 0.29) is 6.03 Å². The number of rotatable bonds is 2. The van der Waals surface area contributed by atoms with Crippen LogP contribution in [0.4, 0.5) is 10.5 Å². The topological polar surface area (TPSA) is 66.9 Å². The monoisotopic (exact) mass is 296 g/mol. The molecule has 114 valence electrons. The third-order valence-corrected chi connectivity index (χ3v) is 5.07. The first kappa shape index (κ1) is 13.5. The van der Waals surface area contributed by atoms with Crippen LogP contribution in [-0.2, 0) is 0 Å². The van der Waals surface area contributed by atoms with E-state index in [9.17, 15) is 4.79 Å². The number of nitrogens with one attached hydrogen (secondary N) is 2. The molecule has 1 aromatic heterocycles. The summed E-state index contributed by atoms with van der Waals surface area (Å²) < 4.78 is 0. The minimum Gasteiger partial charge on any atom is -0.335 e. The van der Waals surface area contributed by atoms with Crippen molar-refractivity contribution in [2.75, 3.05) is 5.32 Å².